The van der Waals surface area contributed by atoms with Crippen molar-refractivity contribution < 1.29 is 31.1 Å². The third-order valence-corrected chi connectivity index (χ3v) is 5.16. The normalized spacial score (nSPS) is 11.4. The molecule has 0 aliphatic heterocycles. The second-order valence-electron chi connectivity index (χ2n) is 6.37. The molecule has 0 unspecified atom stereocenters. The lowest BCUT2D eigenvalue weighted by Crippen LogP contribution is -2.25. The summed E-state index contributed by atoms with van der Waals surface area (Å²) in [5.41, 5.74) is -0.946. The molecule has 3 nitrogen and oxygen atoms in total. The van der Waals surface area contributed by atoms with Crippen molar-refractivity contribution in [3.05, 3.63) is 89.7 Å². The molecule has 0 saturated heterocycles. The third-order valence-electron chi connectivity index (χ3n) is 3.92. The predicted molar refractivity (Wildman–Crippen MR) is 117 cm³/mol. The minimum Gasteiger partial charge on any atom is -0.351 e. The van der Waals surface area contributed by atoms with Gasteiger partial charge in [0.15, 0.2) is 0 Å². The van der Waals surface area contributed by atoms with E-state index in [2.05, 4.69) is 22.9 Å². The molecule has 0 atom stereocenters. The van der Waals surface area contributed by atoms with E-state index in [1.54, 1.807) is 18.3 Å². The van der Waals surface area contributed by atoms with Crippen LogP contribution in [0.5, 0.6) is 0 Å². The van der Waals surface area contributed by atoms with E-state index in [9.17, 15) is 31.1 Å². The van der Waals surface area contributed by atoms with Crippen molar-refractivity contribution in [3.63, 3.8) is 0 Å². The molecule has 2 aromatic carbocycles. The van der Waals surface area contributed by atoms with E-state index >= 15 is 0 Å². The van der Waals surface area contributed by atoms with Gasteiger partial charge in [0.25, 0.3) is 5.91 Å². The van der Waals surface area contributed by atoms with Crippen molar-refractivity contribution >= 4 is 30.3 Å². The summed E-state index contributed by atoms with van der Waals surface area (Å²) in [6.07, 6.45) is -5.64. The molecule has 1 heterocycles. The highest BCUT2D eigenvalue weighted by Gasteiger charge is 2.30. The van der Waals surface area contributed by atoms with Gasteiger partial charge in [0.1, 0.15) is 0 Å². The first kappa shape index (κ1) is 26.6. The topological polar surface area (TPSA) is 42.0 Å². The van der Waals surface area contributed by atoms with Crippen molar-refractivity contribution in [2.45, 2.75) is 22.1 Å². The highest BCUT2D eigenvalue weighted by atomic mass is 32.2. The highest BCUT2D eigenvalue weighted by Crippen LogP contribution is 2.35. The smallest absolute Gasteiger partial charge is 0.351 e. The zero-order chi connectivity index (χ0) is 24.5. The molecule has 0 aliphatic carbocycles. The molecule has 0 fully saturated rings. The molecular formula is C22H18F6N2OS2. The van der Waals surface area contributed by atoms with Crippen LogP contribution in [-0.4, -0.2) is 23.2 Å². The zero-order valence-electron chi connectivity index (χ0n) is 16.8. The lowest BCUT2D eigenvalue weighted by Gasteiger charge is -2.09. The van der Waals surface area contributed by atoms with Crippen molar-refractivity contribution in [3.8, 4) is 0 Å². The monoisotopic (exact) mass is 504 g/mol. The Morgan fingerprint density at radius 1 is 0.848 bits per heavy atom. The number of alkyl halides is 6. The van der Waals surface area contributed by atoms with Gasteiger partial charge < -0.3 is 5.32 Å². The van der Waals surface area contributed by atoms with E-state index in [1.807, 2.05) is 0 Å². The van der Waals surface area contributed by atoms with Crippen LogP contribution < -0.4 is 5.32 Å². The molecule has 1 amide bonds. The van der Waals surface area contributed by atoms with Crippen LogP contribution >= 0.6 is 24.4 Å². The van der Waals surface area contributed by atoms with Gasteiger partial charge in [-0.05, 0) is 60.7 Å². The number of benzene rings is 2. The molecule has 0 radical (unpaired) electrons. The number of nitrogens with zero attached hydrogens (tertiary/aromatic N) is 1. The largest absolute Gasteiger partial charge is 0.416 e. The number of halogens is 6. The van der Waals surface area contributed by atoms with E-state index in [4.69, 9.17) is 0 Å². The lowest BCUT2D eigenvalue weighted by atomic mass is 10.2. The minimum absolute atomic E-state index is 0.0999. The predicted octanol–water partition coefficient (Wildman–Crippen LogP) is 6.62. The molecule has 11 heteroatoms. The number of carbonyl (C=O) groups excluding carboxylic acids is 1. The number of rotatable bonds is 5. The molecule has 0 saturated carbocycles. The quantitative estimate of drug-likeness (QED) is 0.303. The Kier molecular flexibility index (Phi) is 9.66. The maximum Gasteiger partial charge on any atom is 0.416 e. The van der Waals surface area contributed by atoms with Gasteiger partial charge in [-0.1, -0.05) is 11.8 Å². The summed E-state index contributed by atoms with van der Waals surface area (Å²) in [6.45, 7) is 0.580. The first-order valence-corrected chi connectivity index (χ1v) is 10.8. The summed E-state index contributed by atoms with van der Waals surface area (Å²) >= 11 is 5.07. The Labute approximate surface area is 196 Å². The van der Waals surface area contributed by atoms with E-state index < -0.39 is 23.5 Å². The lowest BCUT2D eigenvalue weighted by molar-refractivity contribution is -0.138. The molecule has 3 aromatic rings. The Bertz CT molecular complexity index is 953. The van der Waals surface area contributed by atoms with Gasteiger partial charge in [-0.15, -0.1) is 0 Å². The number of carbonyl (C=O) groups is 1. The summed E-state index contributed by atoms with van der Waals surface area (Å²) in [7, 11) is 0. The van der Waals surface area contributed by atoms with Crippen LogP contribution in [0.25, 0.3) is 0 Å². The van der Waals surface area contributed by atoms with E-state index in [-0.39, 0.29) is 5.91 Å². The van der Waals surface area contributed by atoms with Crippen LogP contribution in [0.4, 0.5) is 26.3 Å². The van der Waals surface area contributed by atoms with Gasteiger partial charge in [-0.3, -0.25) is 9.78 Å². The first-order valence-electron chi connectivity index (χ1n) is 9.32. The number of thiol groups is 1. The van der Waals surface area contributed by atoms with Crippen LogP contribution in [-0.2, 0) is 12.4 Å². The number of amides is 1. The van der Waals surface area contributed by atoms with E-state index in [1.165, 1.54) is 30.5 Å². The third kappa shape index (κ3) is 9.01. The number of hydrogen-bond donors (Lipinski definition) is 2. The standard InChI is InChI=1S/C14H8F6S.C8H10N2OS/c15-13(16,17)9-1-5-11(6-2-9)21-12-7-3-10(4-8-12)14(18,19)20;11-8(10-4-5-12)7-2-1-3-9-6-7/h1-8H;1-3,6,12H,4-5H2,(H,10,11). The average Bonchev–Trinajstić information content (AvgIpc) is 2.78. The SMILES string of the molecule is FC(F)(F)c1ccc(Sc2ccc(C(F)(F)F)cc2)cc1.O=C(NCCS)c1cccnc1. The van der Waals surface area contributed by atoms with Gasteiger partial charge in [0.2, 0.25) is 0 Å². The summed E-state index contributed by atoms with van der Waals surface area (Å²) in [5.74, 6) is 0.545. The maximum absolute atomic E-state index is 12.4. The summed E-state index contributed by atoms with van der Waals surface area (Å²) in [4.78, 5) is 16.1. The van der Waals surface area contributed by atoms with Gasteiger partial charge in [-0.25, -0.2) is 0 Å². The van der Waals surface area contributed by atoms with Gasteiger partial charge >= 0.3 is 12.4 Å². The highest BCUT2D eigenvalue weighted by molar-refractivity contribution is 7.99. The van der Waals surface area contributed by atoms with Gasteiger partial charge in [0, 0.05) is 34.5 Å². The molecule has 176 valence electrons. The Hall–Kier alpha value is -2.66. The molecule has 33 heavy (non-hydrogen) atoms. The van der Waals surface area contributed by atoms with Crippen LogP contribution in [0.15, 0.2) is 82.8 Å². The number of pyridine rings is 1. The molecule has 1 aromatic heterocycles. The first-order chi connectivity index (χ1) is 15.5. The van der Waals surface area contributed by atoms with Crippen LogP contribution in [0.2, 0.25) is 0 Å². The molecule has 3 rings (SSSR count). The minimum atomic E-state index is -4.41. The zero-order valence-corrected chi connectivity index (χ0v) is 18.5. The van der Waals surface area contributed by atoms with Gasteiger partial charge in [0.05, 0.1) is 16.7 Å². The second kappa shape index (κ2) is 12.0. The van der Waals surface area contributed by atoms with Crippen molar-refractivity contribution in [2.24, 2.45) is 0 Å². The van der Waals surface area contributed by atoms with Crippen molar-refractivity contribution in [1.82, 2.24) is 10.3 Å². The van der Waals surface area contributed by atoms with Gasteiger partial charge in [-0.2, -0.15) is 39.0 Å². The van der Waals surface area contributed by atoms with Crippen molar-refractivity contribution in [2.75, 3.05) is 12.3 Å². The van der Waals surface area contributed by atoms with Crippen LogP contribution in [0, 0.1) is 0 Å². The number of aromatic nitrogens is 1. The number of nitrogens with one attached hydrogen (secondary N) is 1. The second-order valence-corrected chi connectivity index (χ2v) is 7.96. The fourth-order valence-electron chi connectivity index (χ4n) is 2.33. The van der Waals surface area contributed by atoms with Crippen LogP contribution in [0.1, 0.15) is 21.5 Å². The maximum atomic E-state index is 12.4. The summed E-state index contributed by atoms with van der Waals surface area (Å²) in [5, 5.41) is 2.69. The number of hydrogen-bond acceptors (Lipinski definition) is 4. The van der Waals surface area contributed by atoms with Crippen LogP contribution in [0.3, 0.4) is 0 Å². The fourth-order valence-corrected chi connectivity index (χ4v) is 3.26. The summed E-state index contributed by atoms with van der Waals surface area (Å²) < 4.78 is 74.3. The Morgan fingerprint density at radius 3 is 1.70 bits per heavy atom. The Balaban J connectivity index is 0.000000273. The van der Waals surface area contributed by atoms with E-state index in [0.717, 1.165) is 36.0 Å². The summed E-state index contributed by atoms with van der Waals surface area (Å²) in [6, 6.07) is 12.3. The van der Waals surface area contributed by atoms with Crippen molar-refractivity contribution in [1.29, 1.82) is 0 Å². The molecular weight excluding hydrogens is 486 g/mol. The Morgan fingerprint density at radius 2 is 1.33 bits per heavy atom. The average molecular weight is 505 g/mol. The molecule has 1 N–H and O–H groups in total. The molecule has 0 aliphatic rings. The molecule has 0 bridgehead atoms. The van der Waals surface area contributed by atoms with E-state index in [0.29, 0.717) is 27.7 Å². The fraction of sp³-hybridized carbons (Fsp3) is 0.182. The molecule has 0 spiro atoms.